The van der Waals surface area contributed by atoms with Gasteiger partial charge >= 0.3 is 0 Å². The highest BCUT2D eigenvalue weighted by molar-refractivity contribution is 9.10. The number of benzene rings is 2. The van der Waals surface area contributed by atoms with Crippen molar-refractivity contribution in [1.82, 2.24) is 0 Å². The molecule has 0 aliphatic heterocycles. The first-order chi connectivity index (χ1) is 9.28. The van der Waals surface area contributed by atoms with Crippen LogP contribution < -0.4 is 0 Å². The van der Waals surface area contributed by atoms with E-state index in [2.05, 4.69) is 58.6 Å². The maximum Gasteiger partial charge on any atom is 0.0249 e. The highest BCUT2D eigenvalue weighted by Gasteiger charge is 1.92. The number of hydrogen-bond donors (Lipinski definition) is 0. The maximum absolute atomic E-state index is 3.74. The van der Waals surface area contributed by atoms with Crippen molar-refractivity contribution in [2.45, 2.75) is 12.8 Å². The van der Waals surface area contributed by atoms with Crippen molar-refractivity contribution < 1.29 is 0 Å². The van der Waals surface area contributed by atoms with Crippen LogP contribution in [-0.4, -0.2) is 0 Å². The van der Waals surface area contributed by atoms with Gasteiger partial charge in [-0.3, -0.25) is 0 Å². The third kappa shape index (κ3) is 4.43. The summed E-state index contributed by atoms with van der Waals surface area (Å²) < 4.78 is 1.07. The standard InChI is InChI=1S/C18H15Br/c1-2-3-4-15-5-7-16(8-6-15)9-10-17-11-13-18(19)14-12-17/h2,5-8,11-14H,1,3-4H2. The van der Waals surface area contributed by atoms with E-state index in [1.54, 1.807) is 0 Å². The molecule has 0 bridgehead atoms. The molecule has 0 spiro atoms. The van der Waals surface area contributed by atoms with Crippen LogP contribution in [0.2, 0.25) is 0 Å². The van der Waals surface area contributed by atoms with Gasteiger partial charge in [0.1, 0.15) is 0 Å². The molecular formula is C18H15Br. The molecule has 0 saturated heterocycles. The molecule has 1 heteroatoms. The smallest absolute Gasteiger partial charge is 0.0249 e. The van der Waals surface area contributed by atoms with Crippen molar-refractivity contribution >= 4 is 15.9 Å². The van der Waals surface area contributed by atoms with Crippen LogP contribution in [0.5, 0.6) is 0 Å². The fraction of sp³-hybridized carbons (Fsp3) is 0.111. The maximum atomic E-state index is 3.74. The van der Waals surface area contributed by atoms with Crippen LogP contribution in [0.15, 0.2) is 65.7 Å². The number of rotatable bonds is 3. The van der Waals surface area contributed by atoms with Crippen LogP contribution >= 0.6 is 15.9 Å². The molecule has 0 unspecified atom stereocenters. The minimum Gasteiger partial charge on any atom is -0.103 e. The molecule has 0 atom stereocenters. The van der Waals surface area contributed by atoms with E-state index < -0.39 is 0 Å². The monoisotopic (exact) mass is 310 g/mol. The number of halogens is 1. The Kier molecular flexibility index (Phi) is 5.01. The zero-order valence-corrected chi connectivity index (χ0v) is 12.3. The molecule has 0 amide bonds. The number of aryl methyl sites for hydroxylation is 1. The van der Waals surface area contributed by atoms with Crippen molar-refractivity contribution in [2.24, 2.45) is 0 Å². The first kappa shape index (κ1) is 13.6. The lowest BCUT2D eigenvalue weighted by molar-refractivity contribution is 1.00. The summed E-state index contributed by atoms with van der Waals surface area (Å²) in [5.41, 5.74) is 3.40. The lowest BCUT2D eigenvalue weighted by atomic mass is 10.1. The topological polar surface area (TPSA) is 0 Å². The minimum atomic E-state index is 1.02. The molecule has 0 N–H and O–H groups in total. The summed E-state index contributed by atoms with van der Waals surface area (Å²) in [7, 11) is 0. The molecule has 0 aromatic heterocycles. The average Bonchev–Trinajstić information content (AvgIpc) is 2.46. The van der Waals surface area contributed by atoms with Gasteiger partial charge in [0.05, 0.1) is 0 Å². The molecule has 0 heterocycles. The number of hydrogen-bond acceptors (Lipinski definition) is 0. The Labute approximate surface area is 123 Å². The quantitative estimate of drug-likeness (QED) is 0.555. The van der Waals surface area contributed by atoms with Crippen LogP contribution in [0, 0.1) is 11.8 Å². The molecule has 0 aliphatic carbocycles. The Morgan fingerprint density at radius 1 is 0.895 bits per heavy atom. The minimum absolute atomic E-state index is 1.02. The summed E-state index contributed by atoms with van der Waals surface area (Å²) in [6, 6.07) is 16.4. The summed E-state index contributed by atoms with van der Waals surface area (Å²) >= 11 is 3.41. The van der Waals surface area contributed by atoms with Gasteiger partial charge in [-0.15, -0.1) is 6.58 Å². The van der Waals surface area contributed by atoms with E-state index in [-0.39, 0.29) is 0 Å². The second-order valence-electron chi connectivity index (χ2n) is 4.28. The van der Waals surface area contributed by atoms with E-state index in [0.29, 0.717) is 0 Å². The largest absolute Gasteiger partial charge is 0.103 e. The van der Waals surface area contributed by atoms with E-state index in [9.17, 15) is 0 Å². The molecule has 0 saturated carbocycles. The fourth-order valence-corrected chi connectivity index (χ4v) is 1.97. The van der Waals surface area contributed by atoms with E-state index in [1.807, 2.05) is 30.3 Å². The zero-order valence-electron chi connectivity index (χ0n) is 10.7. The fourth-order valence-electron chi connectivity index (χ4n) is 1.70. The van der Waals surface area contributed by atoms with Gasteiger partial charge in [-0.2, -0.15) is 0 Å². The third-order valence-electron chi connectivity index (χ3n) is 2.79. The normalized spacial score (nSPS) is 9.53. The molecular weight excluding hydrogens is 296 g/mol. The highest BCUT2D eigenvalue weighted by Crippen LogP contribution is 2.10. The second-order valence-corrected chi connectivity index (χ2v) is 5.20. The van der Waals surface area contributed by atoms with E-state index in [0.717, 1.165) is 28.4 Å². The molecule has 2 rings (SSSR count). The summed E-state index contributed by atoms with van der Waals surface area (Å²) in [6.45, 7) is 3.74. The van der Waals surface area contributed by atoms with Gasteiger partial charge in [-0.05, 0) is 54.8 Å². The van der Waals surface area contributed by atoms with E-state index >= 15 is 0 Å². The zero-order chi connectivity index (χ0) is 13.5. The Morgan fingerprint density at radius 3 is 1.95 bits per heavy atom. The molecule has 0 fully saturated rings. The molecule has 19 heavy (non-hydrogen) atoms. The molecule has 0 radical (unpaired) electrons. The van der Waals surface area contributed by atoms with Crippen LogP contribution in [0.4, 0.5) is 0 Å². The van der Waals surface area contributed by atoms with Crippen LogP contribution in [-0.2, 0) is 6.42 Å². The molecule has 0 aliphatic rings. The second kappa shape index (κ2) is 6.97. The lowest BCUT2D eigenvalue weighted by Gasteiger charge is -1.98. The Bertz CT molecular complexity index is 595. The first-order valence-corrected chi connectivity index (χ1v) is 7.04. The molecule has 94 valence electrons. The van der Waals surface area contributed by atoms with Gasteiger partial charge in [-0.1, -0.05) is 46.0 Å². The van der Waals surface area contributed by atoms with Gasteiger partial charge in [-0.25, -0.2) is 0 Å². The average molecular weight is 311 g/mol. The van der Waals surface area contributed by atoms with Gasteiger partial charge < -0.3 is 0 Å². The van der Waals surface area contributed by atoms with Crippen LogP contribution in [0.3, 0.4) is 0 Å². The molecule has 0 nitrogen and oxygen atoms in total. The van der Waals surface area contributed by atoms with Gasteiger partial charge in [0.25, 0.3) is 0 Å². The predicted octanol–water partition coefficient (Wildman–Crippen LogP) is 4.97. The van der Waals surface area contributed by atoms with Crippen molar-refractivity contribution in [3.05, 3.63) is 82.3 Å². The summed E-state index contributed by atoms with van der Waals surface area (Å²) in [5, 5.41) is 0. The van der Waals surface area contributed by atoms with Crippen molar-refractivity contribution in [2.75, 3.05) is 0 Å². The highest BCUT2D eigenvalue weighted by atomic mass is 79.9. The SMILES string of the molecule is C=CCCc1ccc(C#Cc2ccc(Br)cc2)cc1. The van der Waals surface area contributed by atoms with Crippen LogP contribution in [0.1, 0.15) is 23.1 Å². The van der Waals surface area contributed by atoms with Gasteiger partial charge in [0.15, 0.2) is 0 Å². The third-order valence-corrected chi connectivity index (χ3v) is 3.32. The summed E-state index contributed by atoms with van der Waals surface area (Å²) in [4.78, 5) is 0. The Morgan fingerprint density at radius 2 is 1.42 bits per heavy atom. The predicted molar refractivity (Wildman–Crippen MR) is 85.1 cm³/mol. The van der Waals surface area contributed by atoms with Crippen LogP contribution in [0.25, 0.3) is 0 Å². The molecule has 2 aromatic carbocycles. The Hall–Kier alpha value is -1.78. The summed E-state index contributed by atoms with van der Waals surface area (Å²) in [6.07, 6.45) is 4.01. The number of allylic oxidation sites excluding steroid dienone is 1. The van der Waals surface area contributed by atoms with Crippen molar-refractivity contribution in [3.8, 4) is 11.8 Å². The molecule has 2 aromatic rings. The summed E-state index contributed by atoms with van der Waals surface area (Å²) in [5.74, 6) is 6.34. The van der Waals surface area contributed by atoms with Crippen molar-refractivity contribution in [3.63, 3.8) is 0 Å². The van der Waals surface area contributed by atoms with Gasteiger partial charge in [0.2, 0.25) is 0 Å². The lowest BCUT2D eigenvalue weighted by Crippen LogP contribution is -1.83. The first-order valence-electron chi connectivity index (χ1n) is 6.25. The van der Waals surface area contributed by atoms with E-state index in [1.165, 1.54) is 5.56 Å². The van der Waals surface area contributed by atoms with Crippen molar-refractivity contribution in [1.29, 1.82) is 0 Å². The van der Waals surface area contributed by atoms with E-state index in [4.69, 9.17) is 0 Å². The Balaban J connectivity index is 2.07. The van der Waals surface area contributed by atoms with Gasteiger partial charge in [0, 0.05) is 15.6 Å².